The van der Waals surface area contributed by atoms with Gasteiger partial charge in [0, 0.05) is 5.92 Å². The molecule has 0 spiro atoms. The van der Waals surface area contributed by atoms with Gasteiger partial charge in [-0.1, -0.05) is 36.4 Å². The summed E-state index contributed by atoms with van der Waals surface area (Å²) in [6, 6.07) is 8.94. The maximum atomic E-state index is 11.1. The van der Waals surface area contributed by atoms with E-state index < -0.39 is 12.0 Å². The number of hydrogen-bond acceptors (Lipinski definition) is 3. The maximum Gasteiger partial charge on any atom is 0.320 e. The second kappa shape index (κ2) is 5.99. The lowest BCUT2D eigenvalue weighted by atomic mass is 9.89. The highest BCUT2D eigenvalue weighted by Gasteiger charge is 2.40. The Hall–Kier alpha value is -1.65. The molecule has 4 atom stereocenters. The molecular formula is C15H19NO3. The molecule has 1 aromatic carbocycles. The number of nitrogens with two attached hydrogens (primary N) is 1. The Morgan fingerprint density at radius 1 is 1.53 bits per heavy atom. The number of aliphatic carboxylic acids is 1. The van der Waals surface area contributed by atoms with Gasteiger partial charge < -0.3 is 15.6 Å². The number of carboxylic acid groups (broad SMARTS) is 1. The summed E-state index contributed by atoms with van der Waals surface area (Å²) in [6.45, 7) is 3.69. The molecule has 0 saturated carbocycles. The van der Waals surface area contributed by atoms with Crippen LogP contribution in [0.15, 0.2) is 43.0 Å². The summed E-state index contributed by atoms with van der Waals surface area (Å²) in [4.78, 5) is 11.1. The normalized spacial score (nSPS) is 27.9. The Morgan fingerprint density at radius 3 is 2.79 bits per heavy atom. The molecule has 2 rings (SSSR count). The molecule has 0 aliphatic carbocycles. The van der Waals surface area contributed by atoms with Crippen molar-refractivity contribution < 1.29 is 14.6 Å². The van der Waals surface area contributed by atoms with Gasteiger partial charge in [0.05, 0.1) is 12.2 Å². The lowest BCUT2D eigenvalue weighted by Gasteiger charge is -2.20. The summed E-state index contributed by atoms with van der Waals surface area (Å²) in [6.07, 6.45) is 2.75. The maximum absolute atomic E-state index is 11.1. The number of carbonyl (C=O) groups is 1. The van der Waals surface area contributed by atoms with Crippen molar-refractivity contribution in [2.45, 2.75) is 31.1 Å². The van der Waals surface area contributed by atoms with Crippen LogP contribution >= 0.6 is 0 Å². The van der Waals surface area contributed by atoms with Crippen molar-refractivity contribution in [1.29, 1.82) is 0 Å². The average molecular weight is 261 g/mol. The van der Waals surface area contributed by atoms with Gasteiger partial charge in [-0.25, -0.2) is 0 Å². The van der Waals surface area contributed by atoms with Crippen molar-refractivity contribution in [2.24, 2.45) is 11.7 Å². The molecule has 0 unspecified atom stereocenters. The smallest absolute Gasteiger partial charge is 0.320 e. The molecule has 3 N–H and O–H groups in total. The van der Waals surface area contributed by atoms with Crippen LogP contribution in [0.5, 0.6) is 0 Å². The van der Waals surface area contributed by atoms with Gasteiger partial charge in [0.1, 0.15) is 6.04 Å². The molecule has 1 aromatic rings. The quantitative estimate of drug-likeness (QED) is 0.796. The third kappa shape index (κ3) is 3.03. The van der Waals surface area contributed by atoms with Gasteiger partial charge in [-0.3, -0.25) is 4.79 Å². The predicted molar refractivity (Wildman–Crippen MR) is 72.6 cm³/mol. The van der Waals surface area contributed by atoms with Crippen LogP contribution in [0.4, 0.5) is 0 Å². The molecular weight excluding hydrogens is 242 g/mol. The number of carboxylic acids is 1. The highest BCUT2D eigenvalue weighted by molar-refractivity contribution is 5.73. The van der Waals surface area contributed by atoms with Gasteiger partial charge in [-0.2, -0.15) is 0 Å². The van der Waals surface area contributed by atoms with Crippen molar-refractivity contribution in [1.82, 2.24) is 0 Å². The molecule has 1 heterocycles. The van der Waals surface area contributed by atoms with Gasteiger partial charge >= 0.3 is 5.97 Å². The second-order valence-electron chi connectivity index (χ2n) is 4.86. The van der Waals surface area contributed by atoms with Crippen molar-refractivity contribution in [3.63, 3.8) is 0 Å². The largest absolute Gasteiger partial charge is 0.480 e. The molecule has 0 radical (unpaired) electrons. The van der Waals surface area contributed by atoms with Crippen molar-refractivity contribution >= 4 is 5.97 Å². The van der Waals surface area contributed by atoms with Gasteiger partial charge in [-0.05, 0) is 18.4 Å². The SMILES string of the molecule is C=CC[C@H]1O[C@@H](c2ccccc2)C[C@@H]1[C@@H](N)C(=O)O. The lowest BCUT2D eigenvalue weighted by Crippen LogP contribution is -2.41. The van der Waals surface area contributed by atoms with E-state index in [2.05, 4.69) is 6.58 Å². The Kier molecular flexibility index (Phi) is 4.35. The Bertz CT molecular complexity index is 446. The van der Waals surface area contributed by atoms with Crippen molar-refractivity contribution in [3.8, 4) is 0 Å². The number of rotatable bonds is 5. The van der Waals surface area contributed by atoms with E-state index in [1.54, 1.807) is 6.08 Å². The first kappa shape index (κ1) is 13.8. The fourth-order valence-electron chi connectivity index (χ4n) is 2.60. The zero-order valence-electron chi connectivity index (χ0n) is 10.7. The molecule has 0 bridgehead atoms. The third-order valence-corrected chi connectivity index (χ3v) is 3.62. The molecule has 102 valence electrons. The van der Waals surface area contributed by atoms with E-state index in [0.717, 1.165) is 5.56 Å². The summed E-state index contributed by atoms with van der Waals surface area (Å²) in [5.74, 6) is -1.16. The molecule has 0 aromatic heterocycles. The molecule has 0 amide bonds. The summed E-state index contributed by atoms with van der Waals surface area (Å²) >= 11 is 0. The van der Waals surface area contributed by atoms with E-state index in [1.807, 2.05) is 30.3 Å². The van der Waals surface area contributed by atoms with Crippen LogP contribution in [0.2, 0.25) is 0 Å². The van der Waals surface area contributed by atoms with Gasteiger partial charge in [0.25, 0.3) is 0 Å². The Morgan fingerprint density at radius 2 is 2.21 bits per heavy atom. The number of hydrogen-bond donors (Lipinski definition) is 2. The number of ether oxygens (including phenoxy) is 1. The first-order valence-corrected chi connectivity index (χ1v) is 6.43. The third-order valence-electron chi connectivity index (χ3n) is 3.62. The van der Waals surface area contributed by atoms with Gasteiger partial charge in [0.15, 0.2) is 0 Å². The second-order valence-corrected chi connectivity index (χ2v) is 4.86. The van der Waals surface area contributed by atoms with Crippen LogP contribution < -0.4 is 5.73 Å². The van der Waals surface area contributed by atoms with Crippen molar-refractivity contribution in [3.05, 3.63) is 48.6 Å². The van der Waals surface area contributed by atoms with Crippen LogP contribution in [0, 0.1) is 5.92 Å². The first-order chi connectivity index (χ1) is 9.13. The van der Waals surface area contributed by atoms with Gasteiger partial charge in [-0.15, -0.1) is 6.58 Å². The van der Waals surface area contributed by atoms with Crippen LogP contribution in [-0.4, -0.2) is 23.2 Å². The van der Waals surface area contributed by atoms with Crippen LogP contribution in [0.3, 0.4) is 0 Å². The Balaban J connectivity index is 2.15. The molecule has 19 heavy (non-hydrogen) atoms. The number of benzene rings is 1. The van der Waals surface area contributed by atoms with E-state index in [1.165, 1.54) is 0 Å². The molecule has 1 fully saturated rings. The zero-order chi connectivity index (χ0) is 13.8. The summed E-state index contributed by atoms with van der Waals surface area (Å²) in [5, 5.41) is 9.08. The molecule has 1 saturated heterocycles. The van der Waals surface area contributed by atoms with Gasteiger partial charge in [0.2, 0.25) is 0 Å². The first-order valence-electron chi connectivity index (χ1n) is 6.43. The van der Waals surface area contributed by atoms with E-state index in [0.29, 0.717) is 12.8 Å². The fraction of sp³-hybridized carbons (Fsp3) is 0.400. The topological polar surface area (TPSA) is 72.5 Å². The highest BCUT2D eigenvalue weighted by atomic mass is 16.5. The standard InChI is InChI=1S/C15H19NO3/c1-2-6-12-11(14(16)15(17)18)9-13(19-12)10-7-4-3-5-8-10/h2-5,7-8,11-14H,1,6,9,16H2,(H,17,18)/t11-,12+,13+,14+/m0/s1. The molecule has 1 aliphatic heterocycles. The molecule has 4 heteroatoms. The lowest BCUT2D eigenvalue weighted by molar-refractivity contribution is -0.140. The summed E-state index contributed by atoms with van der Waals surface area (Å²) in [5.41, 5.74) is 6.84. The minimum Gasteiger partial charge on any atom is -0.480 e. The molecule has 4 nitrogen and oxygen atoms in total. The van der Waals surface area contributed by atoms with E-state index >= 15 is 0 Å². The summed E-state index contributed by atoms with van der Waals surface area (Å²) < 4.78 is 5.96. The molecule has 1 aliphatic rings. The van der Waals surface area contributed by atoms with E-state index in [-0.39, 0.29) is 18.1 Å². The highest BCUT2D eigenvalue weighted by Crippen LogP contribution is 2.39. The fourth-order valence-corrected chi connectivity index (χ4v) is 2.60. The zero-order valence-corrected chi connectivity index (χ0v) is 10.7. The van der Waals surface area contributed by atoms with Crippen molar-refractivity contribution in [2.75, 3.05) is 0 Å². The minimum absolute atomic E-state index is 0.0819. The van der Waals surface area contributed by atoms with E-state index in [4.69, 9.17) is 15.6 Å². The predicted octanol–water partition coefficient (Wildman–Crippen LogP) is 2.12. The Labute approximate surface area is 112 Å². The van der Waals surface area contributed by atoms with Crippen LogP contribution in [0.1, 0.15) is 24.5 Å². The monoisotopic (exact) mass is 261 g/mol. The van der Waals surface area contributed by atoms with Crippen LogP contribution in [-0.2, 0) is 9.53 Å². The average Bonchev–Trinajstić information content (AvgIpc) is 2.83. The van der Waals surface area contributed by atoms with Crippen LogP contribution in [0.25, 0.3) is 0 Å². The van der Waals surface area contributed by atoms with E-state index in [9.17, 15) is 4.79 Å². The summed E-state index contributed by atoms with van der Waals surface area (Å²) in [7, 11) is 0. The minimum atomic E-state index is -0.976.